The first-order valence-electron chi connectivity index (χ1n) is 17.9. The van der Waals surface area contributed by atoms with Crippen LogP contribution in [0.15, 0.2) is 42.5 Å². The summed E-state index contributed by atoms with van der Waals surface area (Å²) in [6.07, 6.45) is -5.02. The monoisotopic (exact) mass is 813 g/mol. The van der Waals surface area contributed by atoms with E-state index in [1.54, 1.807) is 51.4 Å². The van der Waals surface area contributed by atoms with Gasteiger partial charge in [0.25, 0.3) is 23.6 Å². The van der Waals surface area contributed by atoms with E-state index in [1.165, 1.54) is 53.3 Å². The number of hydrogen-bond acceptors (Lipinski definition) is 13. The number of rotatable bonds is 5. The van der Waals surface area contributed by atoms with E-state index in [2.05, 4.69) is 5.32 Å². The summed E-state index contributed by atoms with van der Waals surface area (Å²) in [7, 11) is 7.80. The highest BCUT2D eigenvalue weighted by atomic mass is 33.1. The van der Waals surface area contributed by atoms with Crippen molar-refractivity contribution in [3.63, 3.8) is 0 Å². The third-order valence-corrected chi connectivity index (χ3v) is 21.1. The van der Waals surface area contributed by atoms with Gasteiger partial charge in [-0.1, -0.05) is 59.7 Å². The molecule has 9 heterocycles. The smallest absolute Gasteiger partial charge is 0.435 e. The maximum Gasteiger partial charge on any atom is 0.508 e. The van der Waals surface area contributed by atoms with Crippen LogP contribution in [0.3, 0.4) is 0 Å². The van der Waals surface area contributed by atoms with Crippen molar-refractivity contribution in [1.29, 1.82) is 0 Å². The molecule has 284 valence electrons. The van der Waals surface area contributed by atoms with Crippen LogP contribution in [-0.2, 0) is 45.9 Å². The van der Waals surface area contributed by atoms with Crippen molar-refractivity contribution in [1.82, 2.24) is 19.6 Å². The van der Waals surface area contributed by atoms with Gasteiger partial charge in [0.1, 0.15) is 18.1 Å². The number of nitrogens with zero attached hydrogens (tertiary/aromatic N) is 4. The molecule has 0 radical (unpaired) electrons. The Morgan fingerprint density at radius 1 is 0.852 bits per heavy atom. The summed E-state index contributed by atoms with van der Waals surface area (Å²) < 4.78 is 27.9. The Balaban J connectivity index is 1.37. The predicted molar refractivity (Wildman–Crippen MR) is 200 cm³/mol. The van der Waals surface area contributed by atoms with Crippen LogP contribution in [0.1, 0.15) is 50.3 Å². The lowest BCUT2D eigenvalue weighted by atomic mass is 9.51. The van der Waals surface area contributed by atoms with Crippen molar-refractivity contribution >= 4 is 78.6 Å². The molecule has 8 fully saturated rings. The number of benzene rings is 2. The summed E-state index contributed by atoms with van der Waals surface area (Å²) in [6.45, 7) is 5.20. The number of ether oxygens (including phenoxy) is 2. The van der Waals surface area contributed by atoms with Gasteiger partial charge in [-0.05, 0) is 82.7 Å². The van der Waals surface area contributed by atoms with Crippen LogP contribution in [0.5, 0.6) is 0 Å². The summed E-state index contributed by atoms with van der Waals surface area (Å²) >= 11 is 0. The summed E-state index contributed by atoms with van der Waals surface area (Å²) in [5.74, 6) is -2.38. The van der Waals surface area contributed by atoms with E-state index in [9.17, 15) is 14.7 Å². The van der Waals surface area contributed by atoms with Crippen LogP contribution in [-0.4, -0.2) is 119 Å². The van der Waals surface area contributed by atoms with Gasteiger partial charge in [0.15, 0.2) is 15.8 Å². The normalized spacial score (nSPS) is 41.8. The molecule has 8 saturated heterocycles. The lowest BCUT2D eigenvalue weighted by molar-refractivity contribution is -0.168. The standard InChI is InChI=1S/C36H36FN5O8S4/c1-6-31-26(44)41-22-15-17-13-14-18(37)16-20(17)33(22,23(43)35(41,53-51-31)28(46)39(31)4)34-19-11-9-10-12-21(19)38-25(34)42-27(45)32(7-2)40(5)29(47)36(42,54-52-32)24(34)50-30(48)49-8-3/h9-14,16,22-25,38,43H,6-8,15H2,1-5H3/t22-,23-,24-,25+,31-,32-,33-,34+,35-,36-/m0/s1. The first kappa shape index (κ1) is 35.1. The van der Waals surface area contributed by atoms with Crippen molar-refractivity contribution in [2.45, 2.75) is 94.8 Å². The van der Waals surface area contributed by atoms with Crippen LogP contribution >= 0.6 is 43.2 Å². The second kappa shape index (κ2) is 10.7. The lowest BCUT2D eigenvalue weighted by Gasteiger charge is -2.59. The van der Waals surface area contributed by atoms with Gasteiger partial charge in [-0.25, -0.2) is 9.18 Å². The molecule has 0 aromatic heterocycles. The number of piperazine rings is 2. The largest absolute Gasteiger partial charge is 0.508 e. The number of hydrogen-bond donors (Lipinski definition) is 2. The first-order chi connectivity index (χ1) is 25.8. The lowest BCUT2D eigenvalue weighted by Crippen LogP contribution is -2.78. The quantitative estimate of drug-likeness (QED) is 0.335. The van der Waals surface area contributed by atoms with Crippen molar-refractivity contribution in [3.05, 3.63) is 65.0 Å². The molecule has 10 aliphatic rings. The van der Waals surface area contributed by atoms with Crippen molar-refractivity contribution < 1.29 is 42.9 Å². The molecular formula is C36H36FN5O8S4. The van der Waals surface area contributed by atoms with E-state index >= 15 is 18.8 Å². The number of para-hydroxylation sites is 1. The molecule has 4 bridgehead atoms. The summed E-state index contributed by atoms with van der Waals surface area (Å²) in [4.78, 5) is 74.0. The molecule has 10 atom stereocenters. The van der Waals surface area contributed by atoms with Gasteiger partial charge >= 0.3 is 6.16 Å². The fraction of sp³-hybridized carbons (Fsp3) is 0.528. The average Bonchev–Trinajstić information content (AvgIpc) is 3.81. The van der Waals surface area contributed by atoms with Gasteiger partial charge in [-0.15, -0.1) is 0 Å². The average molecular weight is 814 g/mol. The zero-order valence-electron chi connectivity index (χ0n) is 29.8. The van der Waals surface area contributed by atoms with Crippen LogP contribution in [0.2, 0.25) is 0 Å². The molecule has 2 aromatic carbocycles. The Bertz CT molecular complexity index is 2150. The van der Waals surface area contributed by atoms with E-state index in [1.807, 2.05) is 13.8 Å². The molecule has 2 spiro atoms. The van der Waals surface area contributed by atoms with Crippen molar-refractivity contribution in [2.75, 3.05) is 26.0 Å². The Morgan fingerprint density at radius 3 is 2.15 bits per heavy atom. The van der Waals surface area contributed by atoms with Gasteiger partial charge < -0.3 is 34.6 Å². The fourth-order valence-corrected chi connectivity index (χ4v) is 19.3. The second-order valence-corrected chi connectivity index (χ2v) is 20.3. The molecule has 0 unspecified atom stereocenters. The molecule has 0 saturated carbocycles. The SMILES string of the molecule is CCOC(=O)O[C@H]1[C@]2([C@@]34c5cc(F)ccc5C[C@@H]3N3C(=O)[C@]5(CC)SS[C@]3(C(=O)N5C)[C@H]4O)c3ccccc3N[C@@H]2N2C(=O)[C@]3(CC)SS[C@]12C(=O)N3C. The molecule has 54 heavy (non-hydrogen) atoms. The molecule has 13 nitrogen and oxygen atoms in total. The van der Waals surface area contributed by atoms with E-state index in [0.717, 1.165) is 21.6 Å². The van der Waals surface area contributed by atoms with E-state index in [-0.39, 0.29) is 31.8 Å². The molecule has 12 rings (SSSR count). The number of amides is 4. The highest BCUT2D eigenvalue weighted by Gasteiger charge is 2.93. The van der Waals surface area contributed by atoms with Gasteiger partial charge in [0, 0.05) is 19.8 Å². The van der Waals surface area contributed by atoms with Gasteiger partial charge in [-0.2, -0.15) is 0 Å². The zero-order valence-corrected chi connectivity index (χ0v) is 33.1. The van der Waals surface area contributed by atoms with E-state index in [0.29, 0.717) is 22.4 Å². The van der Waals surface area contributed by atoms with Gasteiger partial charge in [0.2, 0.25) is 9.74 Å². The molecular weight excluding hydrogens is 778 g/mol. The Kier molecular flexibility index (Phi) is 6.99. The minimum atomic E-state index is -1.92. The van der Waals surface area contributed by atoms with Crippen molar-refractivity contribution in [2.24, 2.45) is 0 Å². The van der Waals surface area contributed by atoms with E-state index in [4.69, 9.17) is 9.47 Å². The number of halogens is 1. The number of nitrogens with one attached hydrogen (secondary N) is 1. The summed E-state index contributed by atoms with van der Waals surface area (Å²) in [5, 5.41) is 17.2. The Morgan fingerprint density at radius 2 is 1.48 bits per heavy atom. The summed E-state index contributed by atoms with van der Waals surface area (Å²) in [5.41, 5.74) is -1.75. The van der Waals surface area contributed by atoms with Crippen LogP contribution in [0, 0.1) is 5.82 Å². The summed E-state index contributed by atoms with van der Waals surface area (Å²) in [6, 6.07) is 10.4. The topological polar surface area (TPSA) is 149 Å². The molecule has 2 aromatic rings. The highest BCUT2D eigenvalue weighted by Crippen LogP contribution is 2.79. The maximum atomic E-state index is 16.0. The van der Waals surface area contributed by atoms with Crippen molar-refractivity contribution in [3.8, 4) is 0 Å². The molecule has 4 amide bonds. The minimum absolute atomic E-state index is 0.0647. The number of likely N-dealkylation sites (N-methyl/N-ethyl adjacent to an activating group) is 2. The first-order valence-corrected chi connectivity index (χ1v) is 22.2. The molecule has 18 heteroatoms. The molecule has 2 N–H and O–H groups in total. The predicted octanol–water partition coefficient (Wildman–Crippen LogP) is 3.60. The fourth-order valence-electron chi connectivity index (χ4n) is 11.4. The van der Waals surface area contributed by atoms with Crippen LogP contribution in [0.25, 0.3) is 0 Å². The Labute approximate surface area is 325 Å². The second-order valence-electron chi connectivity index (χ2n) is 15.0. The van der Waals surface area contributed by atoms with E-state index < -0.39 is 84.4 Å². The highest BCUT2D eigenvalue weighted by molar-refractivity contribution is 8.78. The number of anilines is 1. The maximum absolute atomic E-state index is 16.0. The number of carbonyl (C=O) groups excluding carboxylic acids is 5. The molecule has 9 aliphatic heterocycles. The van der Waals surface area contributed by atoms with Crippen LogP contribution in [0.4, 0.5) is 14.9 Å². The van der Waals surface area contributed by atoms with Gasteiger partial charge in [0.05, 0.1) is 23.5 Å². The third kappa shape index (κ3) is 3.24. The van der Waals surface area contributed by atoms with Crippen LogP contribution < -0.4 is 5.32 Å². The molecule has 1 aliphatic carbocycles. The van der Waals surface area contributed by atoms with Gasteiger partial charge in [-0.3, -0.25) is 24.1 Å². The number of fused-ring (bicyclic) bond motifs is 11. The number of carbonyl (C=O) groups is 5. The Hall–Kier alpha value is -3.32. The zero-order chi connectivity index (χ0) is 38.1. The number of aliphatic hydroxyl groups excluding tert-OH is 1. The minimum Gasteiger partial charge on any atom is -0.435 e. The number of aliphatic hydroxyl groups is 1. The third-order valence-electron chi connectivity index (χ3n) is 13.6.